The topological polar surface area (TPSA) is 49.8 Å². The maximum Gasteiger partial charge on any atom is 0.306 e. The van der Waals surface area contributed by atoms with Crippen molar-refractivity contribution in [1.82, 2.24) is 4.90 Å². The fourth-order valence-corrected chi connectivity index (χ4v) is 6.68. The van der Waals surface area contributed by atoms with E-state index >= 15 is 0 Å². The van der Waals surface area contributed by atoms with Gasteiger partial charge in [0.05, 0.1) is 17.0 Å². The van der Waals surface area contributed by atoms with Crippen LogP contribution in [-0.2, 0) is 11.2 Å². The number of carboxylic acid groups (broad SMARTS) is 1. The summed E-state index contributed by atoms with van der Waals surface area (Å²) in [5, 5.41) is 12.4. The largest absolute Gasteiger partial charge is 0.489 e. The van der Waals surface area contributed by atoms with E-state index in [1.165, 1.54) is 23.8 Å². The Morgan fingerprint density at radius 3 is 2.48 bits per heavy atom. The summed E-state index contributed by atoms with van der Waals surface area (Å²) in [6, 6.07) is 11.7. The molecule has 0 amide bonds. The number of halogens is 1. The molecule has 1 aliphatic carbocycles. The molecule has 1 saturated carbocycles. The molecule has 33 heavy (non-hydrogen) atoms. The minimum Gasteiger partial charge on any atom is -0.489 e. The Morgan fingerprint density at radius 2 is 1.79 bits per heavy atom. The van der Waals surface area contributed by atoms with Crippen LogP contribution in [0, 0.1) is 11.8 Å². The Morgan fingerprint density at radius 1 is 1.06 bits per heavy atom. The summed E-state index contributed by atoms with van der Waals surface area (Å²) in [5.74, 6) is 0.876. The van der Waals surface area contributed by atoms with E-state index < -0.39 is 5.97 Å². The van der Waals surface area contributed by atoms with Gasteiger partial charge in [-0.25, -0.2) is 0 Å². The van der Waals surface area contributed by atoms with E-state index in [2.05, 4.69) is 36.1 Å². The number of aliphatic carboxylic acids is 1. The quantitative estimate of drug-likeness (QED) is 0.489. The minimum absolute atomic E-state index is 0.139. The molecule has 2 atom stereocenters. The molecule has 3 fully saturated rings. The lowest BCUT2D eigenvalue weighted by molar-refractivity contribution is -0.144. The molecule has 4 nitrogen and oxygen atoms in total. The molecule has 178 valence electrons. The van der Waals surface area contributed by atoms with Gasteiger partial charge in [-0.3, -0.25) is 9.69 Å². The van der Waals surface area contributed by atoms with E-state index in [9.17, 15) is 9.90 Å². The minimum atomic E-state index is -0.608. The summed E-state index contributed by atoms with van der Waals surface area (Å²) in [4.78, 5) is 14.0. The number of ether oxygens (including phenoxy) is 1. The van der Waals surface area contributed by atoms with Crippen molar-refractivity contribution in [3.63, 3.8) is 0 Å². The van der Waals surface area contributed by atoms with Crippen LogP contribution in [0.25, 0.3) is 10.8 Å². The third kappa shape index (κ3) is 5.02. The monoisotopic (exact) mass is 469 g/mol. The summed E-state index contributed by atoms with van der Waals surface area (Å²) in [6.07, 6.45) is 11.1. The maximum absolute atomic E-state index is 11.4. The highest BCUT2D eigenvalue weighted by molar-refractivity contribution is 6.37. The van der Waals surface area contributed by atoms with Crippen LogP contribution in [0.4, 0.5) is 0 Å². The van der Waals surface area contributed by atoms with Crippen molar-refractivity contribution in [2.24, 2.45) is 11.8 Å². The van der Waals surface area contributed by atoms with E-state index in [4.69, 9.17) is 16.3 Å². The van der Waals surface area contributed by atoms with Crippen LogP contribution in [0.5, 0.6) is 5.75 Å². The van der Waals surface area contributed by atoms with Crippen LogP contribution in [0.1, 0.15) is 70.3 Å². The van der Waals surface area contributed by atoms with Crippen LogP contribution in [0.2, 0.25) is 5.02 Å². The highest BCUT2D eigenvalue weighted by Gasteiger charge is 2.42. The Kier molecular flexibility index (Phi) is 6.85. The van der Waals surface area contributed by atoms with E-state index in [1.54, 1.807) is 0 Å². The number of carboxylic acids is 1. The van der Waals surface area contributed by atoms with Gasteiger partial charge in [0, 0.05) is 17.5 Å². The number of carbonyl (C=O) groups is 1. The molecule has 2 bridgehead atoms. The van der Waals surface area contributed by atoms with Crippen LogP contribution < -0.4 is 4.74 Å². The van der Waals surface area contributed by atoms with E-state index in [-0.39, 0.29) is 12.0 Å². The second kappa shape index (κ2) is 9.84. The third-order valence-electron chi connectivity index (χ3n) is 8.35. The average Bonchev–Trinajstić information content (AvgIpc) is 3.03. The second-order valence-electron chi connectivity index (χ2n) is 10.7. The Hall–Kier alpha value is -1.78. The standard InChI is InChI=1S/C28H36ClNO3/c1-18-4-10-24(11-5-18)33-26-13-7-20-15-19(6-12-25(20)27(26)29)3-2-14-30-22-8-9-23(30)17-21(16-22)28(31)32/h6-7,12-13,15,18,21-24H,2-5,8-11,14,16-17H2,1H3,(H,31,32)/t18-,21?,22?,23?,24+. The van der Waals surface area contributed by atoms with Crippen LogP contribution in [-0.4, -0.2) is 40.7 Å². The van der Waals surface area contributed by atoms with Gasteiger partial charge in [-0.15, -0.1) is 0 Å². The van der Waals surface area contributed by atoms with Gasteiger partial charge in [-0.2, -0.15) is 0 Å². The molecular formula is C28H36ClNO3. The molecule has 2 aliphatic heterocycles. The van der Waals surface area contributed by atoms with Crippen molar-refractivity contribution < 1.29 is 14.6 Å². The number of rotatable bonds is 7. The molecule has 1 N–H and O–H groups in total. The first-order chi connectivity index (χ1) is 16.0. The fourth-order valence-electron chi connectivity index (χ4n) is 6.40. The molecule has 0 radical (unpaired) electrons. The van der Waals surface area contributed by atoms with Crippen molar-refractivity contribution >= 4 is 28.3 Å². The predicted molar refractivity (Wildman–Crippen MR) is 133 cm³/mol. The van der Waals surface area contributed by atoms with Crippen molar-refractivity contribution in [3.8, 4) is 5.75 Å². The van der Waals surface area contributed by atoms with Gasteiger partial charge >= 0.3 is 5.97 Å². The van der Waals surface area contributed by atoms with Gasteiger partial charge in [-0.1, -0.05) is 42.8 Å². The summed E-state index contributed by atoms with van der Waals surface area (Å²) >= 11 is 6.75. The third-order valence-corrected chi connectivity index (χ3v) is 8.74. The van der Waals surface area contributed by atoms with Gasteiger partial charge < -0.3 is 9.84 Å². The predicted octanol–water partition coefficient (Wildman–Crippen LogP) is 6.71. The molecular weight excluding hydrogens is 434 g/mol. The van der Waals surface area contributed by atoms with E-state index in [1.807, 2.05) is 6.07 Å². The Balaban J connectivity index is 1.18. The van der Waals surface area contributed by atoms with Crippen molar-refractivity contribution in [3.05, 3.63) is 40.9 Å². The Labute approximate surface area is 202 Å². The Bertz CT molecular complexity index is 986. The first-order valence-corrected chi connectivity index (χ1v) is 13.2. The zero-order chi connectivity index (χ0) is 22.9. The highest BCUT2D eigenvalue weighted by atomic mass is 35.5. The van der Waals surface area contributed by atoms with Crippen molar-refractivity contribution in [2.45, 2.75) is 89.3 Å². The van der Waals surface area contributed by atoms with E-state index in [0.717, 1.165) is 80.0 Å². The molecule has 2 saturated heterocycles. The van der Waals surface area contributed by atoms with Crippen molar-refractivity contribution in [2.75, 3.05) is 6.54 Å². The first-order valence-electron chi connectivity index (χ1n) is 12.8. The zero-order valence-corrected chi connectivity index (χ0v) is 20.4. The molecule has 0 aromatic heterocycles. The maximum atomic E-state index is 11.4. The molecule has 3 aliphatic rings. The molecule has 2 aromatic rings. The SMILES string of the molecule is C[C@H]1CC[C@@H](Oc2ccc3cc(CCCN4C5CCC4CC(C(=O)O)C5)ccc3c2Cl)CC1. The summed E-state index contributed by atoms with van der Waals surface area (Å²) in [7, 11) is 0. The molecule has 2 heterocycles. The van der Waals surface area contributed by atoms with Gasteiger partial charge in [0.25, 0.3) is 0 Å². The number of benzene rings is 2. The average molecular weight is 470 g/mol. The first kappa shape index (κ1) is 23.0. The normalized spacial score (nSPS) is 29.9. The van der Waals surface area contributed by atoms with E-state index in [0.29, 0.717) is 12.1 Å². The molecule has 2 aromatic carbocycles. The number of piperidine rings is 1. The molecule has 5 rings (SSSR count). The number of hydrogen-bond acceptors (Lipinski definition) is 3. The lowest BCUT2D eigenvalue weighted by atomic mass is 9.89. The van der Waals surface area contributed by atoms with Crippen LogP contribution >= 0.6 is 11.6 Å². The number of fused-ring (bicyclic) bond motifs is 3. The van der Waals surface area contributed by atoms with Gasteiger partial charge in [-0.05, 0) is 93.7 Å². The van der Waals surface area contributed by atoms with Gasteiger partial charge in [0.2, 0.25) is 0 Å². The van der Waals surface area contributed by atoms with Crippen LogP contribution in [0.15, 0.2) is 30.3 Å². The lowest BCUT2D eigenvalue weighted by Crippen LogP contribution is -2.45. The number of hydrogen-bond donors (Lipinski definition) is 1. The second-order valence-corrected chi connectivity index (χ2v) is 11.0. The fraction of sp³-hybridized carbons (Fsp3) is 0.607. The number of aryl methyl sites for hydroxylation is 1. The molecule has 2 unspecified atom stereocenters. The van der Waals surface area contributed by atoms with Crippen molar-refractivity contribution in [1.29, 1.82) is 0 Å². The molecule has 5 heteroatoms. The summed E-state index contributed by atoms with van der Waals surface area (Å²) < 4.78 is 6.28. The van der Waals surface area contributed by atoms with Crippen LogP contribution in [0.3, 0.4) is 0 Å². The highest BCUT2D eigenvalue weighted by Crippen LogP contribution is 2.39. The number of nitrogens with zero attached hydrogens (tertiary/aromatic N) is 1. The smallest absolute Gasteiger partial charge is 0.306 e. The van der Waals surface area contributed by atoms with Gasteiger partial charge in [0.1, 0.15) is 5.75 Å². The summed E-state index contributed by atoms with van der Waals surface area (Å²) in [6.45, 7) is 3.38. The van der Waals surface area contributed by atoms with Gasteiger partial charge in [0.15, 0.2) is 0 Å². The lowest BCUT2D eigenvalue weighted by Gasteiger charge is -2.37. The summed E-state index contributed by atoms with van der Waals surface area (Å²) in [5.41, 5.74) is 1.33. The zero-order valence-electron chi connectivity index (χ0n) is 19.6. The molecule has 0 spiro atoms.